The van der Waals surface area contributed by atoms with Crippen molar-refractivity contribution in [3.8, 4) is 0 Å². The van der Waals surface area contributed by atoms with Gasteiger partial charge in [-0.25, -0.2) is 0 Å². The second kappa shape index (κ2) is 9.15. The molecular formula is C17H30N4. The van der Waals surface area contributed by atoms with Gasteiger partial charge >= 0.3 is 0 Å². The highest BCUT2D eigenvalue weighted by Gasteiger charge is 2.15. The lowest BCUT2D eigenvalue weighted by molar-refractivity contribution is 0.205. The highest BCUT2D eigenvalue weighted by Crippen LogP contribution is 2.11. The minimum absolute atomic E-state index is 0.432. The van der Waals surface area contributed by atoms with Gasteiger partial charge in [0.2, 0.25) is 0 Å². The van der Waals surface area contributed by atoms with E-state index in [0.29, 0.717) is 12.1 Å². The van der Waals surface area contributed by atoms with Crippen LogP contribution in [0.2, 0.25) is 0 Å². The zero-order chi connectivity index (χ0) is 14.9. The number of nitrogens with two attached hydrogens (primary N) is 2. The minimum atomic E-state index is 0.432. The summed E-state index contributed by atoms with van der Waals surface area (Å²) >= 11 is 0. The second-order valence-electron chi connectivity index (χ2n) is 6.19. The smallest absolute Gasteiger partial charge is 0.0233 e. The molecule has 4 heteroatoms. The predicted molar refractivity (Wildman–Crippen MR) is 89.0 cm³/mol. The fourth-order valence-electron chi connectivity index (χ4n) is 2.80. The monoisotopic (exact) mass is 290 g/mol. The van der Waals surface area contributed by atoms with Crippen LogP contribution in [0.1, 0.15) is 31.2 Å². The van der Waals surface area contributed by atoms with Crippen molar-refractivity contribution in [3.63, 3.8) is 0 Å². The third kappa shape index (κ3) is 6.57. The molecule has 118 valence electrons. The van der Waals surface area contributed by atoms with Crippen molar-refractivity contribution < 1.29 is 0 Å². The summed E-state index contributed by atoms with van der Waals surface area (Å²) in [4.78, 5) is 2.48. The first-order valence-corrected chi connectivity index (χ1v) is 8.22. The van der Waals surface area contributed by atoms with Crippen LogP contribution < -0.4 is 16.8 Å². The summed E-state index contributed by atoms with van der Waals surface area (Å²) in [6.45, 7) is 5.60. The van der Waals surface area contributed by atoms with E-state index >= 15 is 0 Å². The third-order valence-electron chi connectivity index (χ3n) is 4.27. The Labute approximate surface area is 128 Å². The van der Waals surface area contributed by atoms with Gasteiger partial charge in [0.25, 0.3) is 0 Å². The fourth-order valence-corrected chi connectivity index (χ4v) is 2.80. The quantitative estimate of drug-likeness (QED) is 0.768. The van der Waals surface area contributed by atoms with E-state index in [1.807, 2.05) is 0 Å². The molecule has 0 amide bonds. The summed E-state index contributed by atoms with van der Waals surface area (Å²) in [5, 5.41) is 3.24. The lowest BCUT2D eigenvalue weighted by Crippen LogP contribution is -2.39. The van der Waals surface area contributed by atoms with Crippen LogP contribution in [0.25, 0.3) is 0 Å². The molecule has 2 fully saturated rings. The number of rotatable bonds is 2. The number of hydrogen-bond donors (Lipinski definition) is 3. The molecule has 1 aromatic carbocycles. The summed E-state index contributed by atoms with van der Waals surface area (Å²) in [5.74, 6) is 0. The Balaban J connectivity index is 0.000000194. The van der Waals surface area contributed by atoms with Crippen molar-refractivity contribution in [2.45, 2.75) is 44.3 Å². The summed E-state index contributed by atoms with van der Waals surface area (Å²) in [7, 11) is 0. The van der Waals surface area contributed by atoms with E-state index in [1.54, 1.807) is 0 Å². The van der Waals surface area contributed by atoms with Gasteiger partial charge in [0.15, 0.2) is 0 Å². The fraction of sp³-hybridized carbons (Fsp3) is 0.647. The normalized spacial score (nSPS) is 21.6. The number of benzene rings is 1. The van der Waals surface area contributed by atoms with Crippen LogP contribution >= 0.6 is 0 Å². The van der Waals surface area contributed by atoms with E-state index < -0.39 is 0 Å². The van der Waals surface area contributed by atoms with E-state index in [9.17, 15) is 0 Å². The van der Waals surface area contributed by atoms with Crippen molar-refractivity contribution >= 4 is 0 Å². The lowest BCUT2D eigenvalue weighted by Gasteiger charge is -2.29. The van der Waals surface area contributed by atoms with Gasteiger partial charge in [0, 0.05) is 18.6 Å². The number of hydrogen-bond acceptors (Lipinski definition) is 4. The van der Waals surface area contributed by atoms with Crippen LogP contribution in [0.5, 0.6) is 0 Å². The van der Waals surface area contributed by atoms with Crippen LogP contribution in [-0.2, 0) is 6.54 Å². The van der Waals surface area contributed by atoms with Crippen LogP contribution in [0.3, 0.4) is 0 Å². The van der Waals surface area contributed by atoms with E-state index in [-0.39, 0.29) is 0 Å². The predicted octanol–water partition coefficient (Wildman–Crippen LogP) is 1.31. The van der Waals surface area contributed by atoms with Gasteiger partial charge in [-0.1, -0.05) is 30.3 Å². The maximum Gasteiger partial charge on any atom is 0.0233 e. The van der Waals surface area contributed by atoms with E-state index in [4.69, 9.17) is 11.5 Å². The first-order valence-electron chi connectivity index (χ1n) is 8.22. The zero-order valence-electron chi connectivity index (χ0n) is 13.0. The Morgan fingerprint density at radius 2 is 1.48 bits per heavy atom. The van der Waals surface area contributed by atoms with Gasteiger partial charge in [-0.3, -0.25) is 4.90 Å². The van der Waals surface area contributed by atoms with E-state index in [1.165, 1.54) is 5.56 Å². The molecule has 2 aliphatic heterocycles. The van der Waals surface area contributed by atoms with Crippen LogP contribution in [0.4, 0.5) is 0 Å². The van der Waals surface area contributed by atoms with Gasteiger partial charge < -0.3 is 16.8 Å². The highest BCUT2D eigenvalue weighted by atomic mass is 15.1. The molecule has 0 atom stereocenters. The molecule has 2 aliphatic rings. The first kappa shape index (κ1) is 16.4. The molecule has 0 radical (unpaired) electrons. The first-order chi connectivity index (χ1) is 10.2. The molecule has 5 N–H and O–H groups in total. The zero-order valence-corrected chi connectivity index (χ0v) is 13.0. The Morgan fingerprint density at radius 3 is 2.00 bits per heavy atom. The topological polar surface area (TPSA) is 67.3 Å². The third-order valence-corrected chi connectivity index (χ3v) is 4.27. The molecule has 0 aliphatic carbocycles. The van der Waals surface area contributed by atoms with E-state index in [2.05, 4.69) is 40.5 Å². The van der Waals surface area contributed by atoms with Crippen LogP contribution in [-0.4, -0.2) is 43.2 Å². The van der Waals surface area contributed by atoms with Crippen molar-refractivity contribution in [1.29, 1.82) is 0 Å². The standard InChI is InChI=1S/C12H18N2.C5H12N2/c13-12-6-8-14(9-7-12)10-11-4-2-1-3-5-11;6-5-1-3-7-4-2-5/h1-5,12H,6-10,13H2;5,7H,1-4,6H2. The van der Waals surface area contributed by atoms with Crippen molar-refractivity contribution in [2.24, 2.45) is 11.5 Å². The van der Waals surface area contributed by atoms with Crippen LogP contribution in [0, 0.1) is 0 Å². The van der Waals surface area contributed by atoms with Crippen LogP contribution in [0.15, 0.2) is 30.3 Å². The molecule has 0 saturated carbocycles. The molecule has 2 saturated heterocycles. The number of nitrogens with zero attached hydrogens (tertiary/aromatic N) is 1. The molecule has 0 unspecified atom stereocenters. The Bertz CT molecular complexity index is 368. The lowest BCUT2D eigenvalue weighted by atomic mass is 10.1. The molecule has 0 bridgehead atoms. The van der Waals surface area contributed by atoms with Crippen molar-refractivity contribution in [2.75, 3.05) is 26.2 Å². The molecular weight excluding hydrogens is 260 g/mol. The van der Waals surface area contributed by atoms with E-state index in [0.717, 1.165) is 58.4 Å². The number of piperidine rings is 2. The highest BCUT2D eigenvalue weighted by molar-refractivity contribution is 5.14. The summed E-state index contributed by atoms with van der Waals surface area (Å²) < 4.78 is 0. The molecule has 3 rings (SSSR count). The molecule has 21 heavy (non-hydrogen) atoms. The van der Waals surface area contributed by atoms with Gasteiger partial charge in [0.05, 0.1) is 0 Å². The number of nitrogens with one attached hydrogen (secondary N) is 1. The largest absolute Gasteiger partial charge is 0.328 e. The second-order valence-corrected chi connectivity index (χ2v) is 6.19. The van der Waals surface area contributed by atoms with Gasteiger partial charge in [-0.15, -0.1) is 0 Å². The average Bonchev–Trinajstić information content (AvgIpc) is 2.52. The maximum absolute atomic E-state index is 5.86. The molecule has 4 nitrogen and oxygen atoms in total. The Morgan fingerprint density at radius 1 is 0.905 bits per heavy atom. The summed E-state index contributed by atoms with van der Waals surface area (Å²) in [5.41, 5.74) is 12.9. The maximum atomic E-state index is 5.86. The SMILES string of the molecule is NC1CCN(Cc2ccccc2)CC1.NC1CCNCC1. The Hall–Kier alpha value is -0.940. The molecule has 0 spiro atoms. The van der Waals surface area contributed by atoms with Crippen molar-refractivity contribution in [3.05, 3.63) is 35.9 Å². The molecule has 0 aromatic heterocycles. The average molecular weight is 290 g/mol. The summed E-state index contributed by atoms with van der Waals surface area (Å²) in [6.07, 6.45) is 4.60. The van der Waals surface area contributed by atoms with Gasteiger partial charge in [0.1, 0.15) is 0 Å². The molecule has 1 aromatic rings. The van der Waals surface area contributed by atoms with Gasteiger partial charge in [-0.2, -0.15) is 0 Å². The van der Waals surface area contributed by atoms with Crippen molar-refractivity contribution in [1.82, 2.24) is 10.2 Å². The summed E-state index contributed by atoms with van der Waals surface area (Å²) in [6, 6.07) is 11.6. The molecule has 2 heterocycles. The number of likely N-dealkylation sites (tertiary alicyclic amines) is 1. The minimum Gasteiger partial charge on any atom is -0.328 e. The Kier molecular flexibility index (Phi) is 7.16. The van der Waals surface area contributed by atoms with Gasteiger partial charge in [-0.05, 0) is 57.4 Å².